The second kappa shape index (κ2) is 6.99. The summed E-state index contributed by atoms with van der Waals surface area (Å²) in [4.78, 5) is 27.9. The van der Waals surface area contributed by atoms with Crippen molar-refractivity contribution in [3.05, 3.63) is 38.4 Å². The monoisotopic (exact) mass is 416 g/mol. The van der Waals surface area contributed by atoms with Gasteiger partial charge in [0.05, 0.1) is 6.61 Å². The lowest BCUT2D eigenvalue weighted by Crippen LogP contribution is -2.09. The van der Waals surface area contributed by atoms with Crippen LogP contribution in [0.25, 0.3) is 0 Å². The molecule has 0 fully saturated rings. The van der Waals surface area contributed by atoms with Crippen LogP contribution in [0.3, 0.4) is 0 Å². The second-order valence-corrected chi connectivity index (χ2v) is 6.35. The summed E-state index contributed by atoms with van der Waals surface area (Å²) >= 11 is 3.36. The number of ketones is 1. The van der Waals surface area contributed by atoms with Crippen molar-refractivity contribution in [1.82, 2.24) is 4.98 Å². The highest BCUT2D eigenvalue weighted by atomic mass is 127. The van der Waals surface area contributed by atoms with Gasteiger partial charge in [-0.2, -0.15) is 0 Å². The number of carbonyl (C=O) groups is 2. The molecule has 0 spiro atoms. The van der Waals surface area contributed by atoms with Crippen molar-refractivity contribution in [2.75, 3.05) is 11.9 Å². The molecule has 110 valence electrons. The van der Waals surface area contributed by atoms with Crippen molar-refractivity contribution >= 4 is 56.5 Å². The van der Waals surface area contributed by atoms with Crippen LogP contribution in [0.4, 0.5) is 10.8 Å². The minimum atomic E-state index is -0.574. The van der Waals surface area contributed by atoms with Gasteiger partial charge in [0.15, 0.2) is 16.6 Å². The van der Waals surface area contributed by atoms with Crippen molar-refractivity contribution in [3.8, 4) is 0 Å². The molecule has 0 unspecified atom stereocenters. The van der Waals surface area contributed by atoms with Crippen molar-refractivity contribution < 1.29 is 14.3 Å². The van der Waals surface area contributed by atoms with Gasteiger partial charge in [0.25, 0.3) is 0 Å². The molecule has 0 aliphatic rings. The van der Waals surface area contributed by atoms with Gasteiger partial charge in [-0.1, -0.05) is 11.3 Å². The number of halogens is 1. The zero-order valence-corrected chi connectivity index (χ0v) is 14.4. The van der Waals surface area contributed by atoms with Gasteiger partial charge in [-0.05, 0) is 53.8 Å². The normalized spacial score (nSPS) is 10.2. The summed E-state index contributed by atoms with van der Waals surface area (Å²) in [5, 5.41) is 3.58. The van der Waals surface area contributed by atoms with Crippen molar-refractivity contribution in [2.45, 2.75) is 13.8 Å². The highest BCUT2D eigenvalue weighted by Gasteiger charge is 2.22. The molecular weight excluding hydrogens is 403 g/mol. The smallest absolute Gasteiger partial charge is 0.358 e. The molecule has 0 saturated heterocycles. The summed E-state index contributed by atoms with van der Waals surface area (Å²) in [7, 11) is 0. The summed E-state index contributed by atoms with van der Waals surface area (Å²) in [5.74, 6) is -0.777. The van der Waals surface area contributed by atoms with E-state index in [2.05, 4.69) is 32.9 Å². The lowest BCUT2D eigenvalue weighted by atomic mass is 10.3. The third-order valence-corrected chi connectivity index (χ3v) is 4.30. The molecule has 2 aromatic rings. The Morgan fingerprint density at radius 1 is 1.33 bits per heavy atom. The largest absolute Gasteiger partial charge is 0.461 e. The highest BCUT2D eigenvalue weighted by Crippen LogP contribution is 2.27. The van der Waals surface area contributed by atoms with E-state index in [9.17, 15) is 9.59 Å². The molecule has 1 heterocycles. The summed E-state index contributed by atoms with van der Waals surface area (Å²) in [6.07, 6.45) is 0. The number of nitrogens with one attached hydrogen (secondary N) is 1. The number of anilines is 2. The third-order valence-electron chi connectivity index (χ3n) is 2.51. The van der Waals surface area contributed by atoms with E-state index < -0.39 is 5.97 Å². The molecule has 0 aliphatic heterocycles. The van der Waals surface area contributed by atoms with Gasteiger partial charge >= 0.3 is 5.97 Å². The lowest BCUT2D eigenvalue weighted by Gasteiger charge is -2.01. The average molecular weight is 416 g/mol. The number of hydrogen-bond donors (Lipinski definition) is 1. The predicted molar refractivity (Wildman–Crippen MR) is 90.5 cm³/mol. The van der Waals surface area contributed by atoms with Crippen LogP contribution in [0.15, 0.2) is 24.3 Å². The van der Waals surface area contributed by atoms with E-state index in [-0.39, 0.29) is 18.1 Å². The van der Waals surface area contributed by atoms with E-state index in [1.54, 1.807) is 6.92 Å². The van der Waals surface area contributed by atoms with Crippen LogP contribution in [0.2, 0.25) is 0 Å². The maximum absolute atomic E-state index is 11.8. The van der Waals surface area contributed by atoms with E-state index in [0.717, 1.165) is 20.6 Å². The van der Waals surface area contributed by atoms with Gasteiger partial charge in [-0.3, -0.25) is 4.79 Å². The molecule has 0 amide bonds. The molecule has 5 nitrogen and oxygen atoms in total. The second-order valence-electron chi connectivity index (χ2n) is 4.11. The van der Waals surface area contributed by atoms with Gasteiger partial charge in [-0.15, -0.1) is 0 Å². The number of ether oxygens (including phenoxy) is 1. The van der Waals surface area contributed by atoms with Gasteiger partial charge in [0, 0.05) is 16.2 Å². The first-order chi connectivity index (χ1) is 10.0. The molecule has 0 aliphatic carbocycles. The van der Waals surface area contributed by atoms with E-state index in [4.69, 9.17) is 4.74 Å². The number of Topliss-reactive ketones (excluding diaryl/α,β-unsaturated/α-hetero) is 1. The topological polar surface area (TPSA) is 68.3 Å². The molecule has 0 bridgehead atoms. The zero-order chi connectivity index (χ0) is 15.4. The Bertz CT molecular complexity index is 667. The summed E-state index contributed by atoms with van der Waals surface area (Å²) in [6, 6.07) is 7.71. The fourth-order valence-electron chi connectivity index (χ4n) is 1.61. The fraction of sp³-hybridized carbons (Fsp3) is 0.214. The van der Waals surface area contributed by atoms with Crippen molar-refractivity contribution in [1.29, 1.82) is 0 Å². The summed E-state index contributed by atoms with van der Waals surface area (Å²) < 4.78 is 6.04. The maximum atomic E-state index is 11.8. The number of nitrogens with zero attached hydrogens (tertiary/aromatic N) is 1. The van der Waals surface area contributed by atoms with Gasteiger partial charge < -0.3 is 10.1 Å². The minimum absolute atomic E-state index is 0.0716. The number of rotatable bonds is 5. The van der Waals surface area contributed by atoms with Crippen LogP contribution in [-0.2, 0) is 4.74 Å². The van der Waals surface area contributed by atoms with Crippen molar-refractivity contribution in [2.24, 2.45) is 0 Å². The summed E-state index contributed by atoms with van der Waals surface area (Å²) in [6.45, 7) is 3.36. The summed E-state index contributed by atoms with van der Waals surface area (Å²) in [5.41, 5.74) is 0.914. The van der Waals surface area contributed by atoms with E-state index in [1.165, 1.54) is 6.92 Å². The van der Waals surface area contributed by atoms with Gasteiger partial charge in [0.1, 0.15) is 4.88 Å². The Hall–Kier alpha value is -1.48. The number of esters is 1. The number of benzene rings is 1. The first-order valence-corrected chi connectivity index (χ1v) is 8.12. The lowest BCUT2D eigenvalue weighted by molar-refractivity contribution is 0.0517. The van der Waals surface area contributed by atoms with Crippen LogP contribution in [-0.4, -0.2) is 23.3 Å². The number of hydrogen-bond acceptors (Lipinski definition) is 6. The SMILES string of the molecule is CCOC(=O)c1nc(Nc2ccc(I)cc2)sc1C(C)=O. The average Bonchev–Trinajstić information content (AvgIpc) is 2.86. The standard InChI is InChI=1S/C14H13IN2O3S/c1-3-20-13(19)11-12(8(2)18)21-14(17-11)16-10-6-4-9(15)5-7-10/h4-7H,3H2,1-2H3,(H,16,17). The Kier molecular flexibility index (Phi) is 5.29. The zero-order valence-electron chi connectivity index (χ0n) is 11.5. The van der Waals surface area contributed by atoms with Crippen LogP contribution >= 0.6 is 33.9 Å². The van der Waals surface area contributed by atoms with Gasteiger partial charge in [-0.25, -0.2) is 9.78 Å². The maximum Gasteiger partial charge on any atom is 0.358 e. The first-order valence-electron chi connectivity index (χ1n) is 6.22. The molecule has 0 atom stereocenters. The molecule has 1 aromatic heterocycles. The Morgan fingerprint density at radius 2 is 2.00 bits per heavy atom. The molecule has 1 aromatic carbocycles. The van der Waals surface area contributed by atoms with Crippen LogP contribution in [0.1, 0.15) is 34.0 Å². The van der Waals surface area contributed by atoms with E-state index >= 15 is 0 Å². The number of aromatic nitrogens is 1. The molecule has 21 heavy (non-hydrogen) atoms. The number of carbonyl (C=O) groups excluding carboxylic acids is 2. The molecular formula is C14H13IN2O3S. The van der Waals surface area contributed by atoms with Crippen LogP contribution < -0.4 is 5.32 Å². The Balaban J connectivity index is 2.28. The predicted octanol–water partition coefficient (Wildman–Crippen LogP) is 3.87. The third kappa shape index (κ3) is 4.01. The minimum Gasteiger partial charge on any atom is -0.461 e. The first kappa shape index (κ1) is 15.9. The van der Waals surface area contributed by atoms with Crippen molar-refractivity contribution in [3.63, 3.8) is 0 Å². The van der Waals surface area contributed by atoms with Crippen LogP contribution in [0, 0.1) is 3.57 Å². The Morgan fingerprint density at radius 3 is 2.57 bits per heavy atom. The molecule has 7 heteroatoms. The molecule has 0 saturated carbocycles. The van der Waals surface area contributed by atoms with Crippen LogP contribution in [0.5, 0.6) is 0 Å². The van der Waals surface area contributed by atoms with E-state index in [0.29, 0.717) is 10.0 Å². The molecule has 2 rings (SSSR count). The molecule has 0 radical (unpaired) electrons. The van der Waals surface area contributed by atoms with E-state index in [1.807, 2.05) is 24.3 Å². The molecule has 1 N–H and O–H groups in total. The quantitative estimate of drug-likeness (QED) is 0.456. The highest BCUT2D eigenvalue weighted by molar-refractivity contribution is 14.1. The number of thiazole rings is 1. The van der Waals surface area contributed by atoms with Gasteiger partial charge in [0.2, 0.25) is 0 Å². The fourth-order valence-corrected chi connectivity index (χ4v) is 2.83. The Labute approximate surface area is 139 Å².